The van der Waals surface area contributed by atoms with Crippen LogP contribution in [0.2, 0.25) is 5.02 Å². The van der Waals surface area contributed by atoms with Crippen molar-refractivity contribution in [3.05, 3.63) is 53.1 Å². The lowest BCUT2D eigenvalue weighted by Gasteiger charge is -2.07. The van der Waals surface area contributed by atoms with E-state index in [1.54, 1.807) is 18.3 Å². The van der Waals surface area contributed by atoms with Gasteiger partial charge in [-0.15, -0.1) is 0 Å². The molecule has 0 saturated carbocycles. The smallest absolute Gasteiger partial charge is 0.154 e. The Morgan fingerprint density at radius 1 is 1.00 bits per heavy atom. The first kappa shape index (κ1) is 9.43. The Morgan fingerprint density at radius 3 is 2.81 bits per heavy atom. The molecule has 0 spiro atoms. The molecule has 0 bridgehead atoms. The molecule has 0 atom stereocenters. The van der Waals surface area contributed by atoms with Crippen molar-refractivity contribution in [3.63, 3.8) is 0 Å². The van der Waals surface area contributed by atoms with E-state index in [0.29, 0.717) is 10.8 Å². The summed E-state index contributed by atoms with van der Waals surface area (Å²) >= 11 is 5.93. The molecule has 0 saturated heterocycles. The molecule has 2 nitrogen and oxygen atoms in total. The highest BCUT2D eigenvalue weighted by molar-refractivity contribution is 6.30. The zero-order valence-corrected chi connectivity index (χ0v) is 9.11. The van der Waals surface area contributed by atoms with E-state index in [0.717, 1.165) is 17.0 Å². The fourth-order valence-corrected chi connectivity index (χ4v) is 1.78. The van der Waals surface area contributed by atoms with E-state index in [2.05, 4.69) is 4.99 Å². The number of fused-ring (bicyclic) bond motifs is 2. The quantitative estimate of drug-likeness (QED) is 0.566. The normalized spacial score (nSPS) is 12.3. The second-order valence-corrected chi connectivity index (χ2v) is 3.95. The first-order chi connectivity index (χ1) is 7.83. The SMILES string of the molecule is Clc1ccc2c(c1)Oc1ccccc1C=N2. The third-order valence-electron chi connectivity index (χ3n) is 2.40. The van der Waals surface area contributed by atoms with Crippen LogP contribution in [0, 0.1) is 0 Å². The van der Waals surface area contributed by atoms with Gasteiger partial charge >= 0.3 is 0 Å². The number of ether oxygens (including phenoxy) is 1. The summed E-state index contributed by atoms with van der Waals surface area (Å²) in [6.07, 6.45) is 1.80. The summed E-state index contributed by atoms with van der Waals surface area (Å²) < 4.78 is 5.77. The van der Waals surface area contributed by atoms with Crippen LogP contribution in [0.5, 0.6) is 11.5 Å². The van der Waals surface area contributed by atoms with Crippen molar-refractivity contribution >= 4 is 23.5 Å². The summed E-state index contributed by atoms with van der Waals surface area (Å²) in [5.74, 6) is 1.49. The van der Waals surface area contributed by atoms with Gasteiger partial charge in [0.2, 0.25) is 0 Å². The highest BCUT2D eigenvalue weighted by Gasteiger charge is 2.11. The van der Waals surface area contributed by atoms with E-state index in [1.807, 2.05) is 30.3 Å². The maximum atomic E-state index is 5.93. The van der Waals surface area contributed by atoms with E-state index < -0.39 is 0 Å². The van der Waals surface area contributed by atoms with Crippen LogP contribution in [-0.4, -0.2) is 6.21 Å². The van der Waals surface area contributed by atoms with Crippen molar-refractivity contribution in [1.82, 2.24) is 0 Å². The van der Waals surface area contributed by atoms with Crippen molar-refractivity contribution < 1.29 is 4.74 Å². The molecule has 0 aromatic heterocycles. The number of aliphatic imine (C=N–C) groups is 1. The van der Waals surface area contributed by atoms with Crippen molar-refractivity contribution in [2.45, 2.75) is 0 Å². The third-order valence-corrected chi connectivity index (χ3v) is 2.64. The van der Waals surface area contributed by atoms with Gasteiger partial charge in [-0.3, -0.25) is 4.99 Å². The van der Waals surface area contributed by atoms with Crippen LogP contribution < -0.4 is 4.74 Å². The van der Waals surface area contributed by atoms with Gasteiger partial charge in [0.05, 0.1) is 0 Å². The standard InChI is InChI=1S/C13H8ClNO/c14-10-5-6-11-13(7-10)16-12-4-2-1-3-9(12)8-15-11/h1-8H. The van der Waals surface area contributed by atoms with Gasteiger partial charge < -0.3 is 4.74 Å². The summed E-state index contributed by atoms with van der Waals surface area (Å²) in [6.45, 7) is 0. The summed E-state index contributed by atoms with van der Waals surface area (Å²) in [4.78, 5) is 4.36. The van der Waals surface area contributed by atoms with Gasteiger partial charge in [0, 0.05) is 22.9 Å². The Balaban J connectivity index is 2.18. The zero-order chi connectivity index (χ0) is 11.0. The lowest BCUT2D eigenvalue weighted by Crippen LogP contribution is -1.87. The van der Waals surface area contributed by atoms with Crippen LogP contribution in [0.4, 0.5) is 5.69 Å². The number of hydrogen-bond acceptors (Lipinski definition) is 2. The summed E-state index contributed by atoms with van der Waals surface area (Å²) in [5, 5.41) is 0.647. The first-order valence-corrected chi connectivity index (χ1v) is 5.31. The molecule has 0 radical (unpaired) electrons. The summed E-state index contributed by atoms with van der Waals surface area (Å²) in [5.41, 5.74) is 1.76. The molecule has 2 aromatic carbocycles. The molecule has 2 aromatic rings. The maximum Gasteiger partial charge on any atom is 0.154 e. The van der Waals surface area contributed by atoms with Crippen LogP contribution in [0.25, 0.3) is 0 Å². The molecule has 0 N–H and O–H groups in total. The average molecular weight is 230 g/mol. The van der Waals surface area contributed by atoms with Crippen LogP contribution >= 0.6 is 11.6 Å². The number of rotatable bonds is 0. The summed E-state index contributed by atoms with van der Waals surface area (Å²) in [7, 11) is 0. The van der Waals surface area contributed by atoms with Crippen LogP contribution in [0.3, 0.4) is 0 Å². The second kappa shape index (κ2) is 3.65. The molecule has 78 valence electrons. The number of hydrogen-bond donors (Lipinski definition) is 0. The van der Waals surface area contributed by atoms with Crippen molar-refractivity contribution in [2.24, 2.45) is 4.99 Å². The van der Waals surface area contributed by atoms with Gasteiger partial charge in [-0.2, -0.15) is 0 Å². The van der Waals surface area contributed by atoms with E-state index >= 15 is 0 Å². The van der Waals surface area contributed by atoms with Crippen LogP contribution in [0.15, 0.2) is 47.5 Å². The van der Waals surface area contributed by atoms with Gasteiger partial charge in [-0.25, -0.2) is 0 Å². The molecule has 1 heterocycles. The molecule has 16 heavy (non-hydrogen) atoms. The van der Waals surface area contributed by atoms with Crippen molar-refractivity contribution in [3.8, 4) is 11.5 Å². The minimum Gasteiger partial charge on any atom is -0.454 e. The minimum absolute atomic E-state index is 0.647. The van der Waals surface area contributed by atoms with E-state index in [4.69, 9.17) is 16.3 Å². The largest absolute Gasteiger partial charge is 0.454 e. The molecule has 1 aliphatic rings. The molecular formula is C13H8ClNO. The lowest BCUT2D eigenvalue weighted by atomic mass is 10.2. The second-order valence-electron chi connectivity index (χ2n) is 3.51. The molecule has 3 heteroatoms. The summed E-state index contributed by atoms with van der Waals surface area (Å²) in [6, 6.07) is 13.2. The number of nitrogens with zero attached hydrogens (tertiary/aromatic N) is 1. The molecule has 0 amide bonds. The number of halogens is 1. The fourth-order valence-electron chi connectivity index (χ4n) is 1.61. The van der Waals surface area contributed by atoms with Gasteiger partial charge in [0.1, 0.15) is 11.4 Å². The molecule has 0 fully saturated rings. The maximum absolute atomic E-state index is 5.93. The highest BCUT2D eigenvalue weighted by atomic mass is 35.5. The minimum atomic E-state index is 0.647. The molecule has 0 aliphatic carbocycles. The average Bonchev–Trinajstić information content (AvgIpc) is 2.47. The topological polar surface area (TPSA) is 21.6 Å². The van der Waals surface area contributed by atoms with Gasteiger partial charge in [0.25, 0.3) is 0 Å². The molecule has 0 unspecified atom stereocenters. The number of benzene rings is 2. The van der Waals surface area contributed by atoms with E-state index in [1.165, 1.54) is 0 Å². The zero-order valence-electron chi connectivity index (χ0n) is 8.35. The lowest BCUT2D eigenvalue weighted by molar-refractivity contribution is 0.485. The van der Waals surface area contributed by atoms with Gasteiger partial charge in [0.15, 0.2) is 5.75 Å². The Hall–Kier alpha value is -1.80. The van der Waals surface area contributed by atoms with Crippen molar-refractivity contribution in [2.75, 3.05) is 0 Å². The monoisotopic (exact) mass is 229 g/mol. The van der Waals surface area contributed by atoms with E-state index in [9.17, 15) is 0 Å². The Kier molecular flexibility index (Phi) is 2.15. The Labute approximate surface area is 98.2 Å². The van der Waals surface area contributed by atoms with Crippen LogP contribution in [0.1, 0.15) is 5.56 Å². The molecular weight excluding hydrogens is 222 g/mol. The number of para-hydroxylation sites is 1. The predicted molar refractivity (Wildman–Crippen MR) is 65.2 cm³/mol. The molecule has 1 aliphatic heterocycles. The Morgan fingerprint density at radius 2 is 1.88 bits per heavy atom. The van der Waals surface area contributed by atoms with Crippen molar-refractivity contribution in [1.29, 1.82) is 0 Å². The van der Waals surface area contributed by atoms with E-state index in [-0.39, 0.29) is 0 Å². The predicted octanol–water partition coefficient (Wildman–Crippen LogP) is 4.20. The first-order valence-electron chi connectivity index (χ1n) is 4.93. The highest BCUT2D eigenvalue weighted by Crippen LogP contribution is 2.37. The molecule has 3 rings (SSSR count). The van der Waals surface area contributed by atoms with Gasteiger partial charge in [-0.1, -0.05) is 23.7 Å². The van der Waals surface area contributed by atoms with Crippen LogP contribution in [-0.2, 0) is 0 Å². The third kappa shape index (κ3) is 1.57. The van der Waals surface area contributed by atoms with Gasteiger partial charge in [-0.05, 0) is 24.3 Å². The Bertz CT molecular complexity index is 578. The fraction of sp³-hybridized carbons (Fsp3) is 0.